The van der Waals surface area contributed by atoms with Crippen LogP contribution in [0.3, 0.4) is 0 Å². The van der Waals surface area contributed by atoms with Crippen molar-refractivity contribution in [3.8, 4) is 11.8 Å². The summed E-state index contributed by atoms with van der Waals surface area (Å²) in [6.45, 7) is 6.00. The lowest BCUT2D eigenvalue weighted by Crippen LogP contribution is -2.22. The Hall–Kier alpha value is -1.79. The molecule has 0 bridgehead atoms. The van der Waals surface area contributed by atoms with E-state index in [4.69, 9.17) is 5.11 Å². The Labute approximate surface area is 127 Å². The number of amides is 1. The van der Waals surface area contributed by atoms with Crippen LogP contribution in [0.5, 0.6) is 0 Å². The van der Waals surface area contributed by atoms with Gasteiger partial charge in [-0.25, -0.2) is 0 Å². The number of nitrogens with one attached hydrogen (secondary N) is 1. The zero-order valence-electron chi connectivity index (χ0n) is 13.2. The van der Waals surface area contributed by atoms with E-state index in [0.717, 1.165) is 42.5 Å². The monoisotopic (exact) mass is 287 g/mol. The zero-order valence-corrected chi connectivity index (χ0v) is 13.2. The van der Waals surface area contributed by atoms with Crippen LogP contribution in [0.4, 0.5) is 5.69 Å². The molecule has 1 aromatic rings. The van der Waals surface area contributed by atoms with Gasteiger partial charge in [-0.2, -0.15) is 0 Å². The average molecular weight is 287 g/mol. The maximum Gasteiger partial charge on any atom is 0.227 e. The quantitative estimate of drug-likeness (QED) is 0.787. The molecule has 0 unspecified atom stereocenters. The summed E-state index contributed by atoms with van der Waals surface area (Å²) < 4.78 is 0. The molecule has 3 heteroatoms. The van der Waals surface area contributed by atoms with E-state index in [2.05, 4.69) is 31.0 Å². The number of benzene rings is 1. The molecule has 0 fully saturated rings. The van der Waals surface area contributed by atoms with E-state index in [1.54, 1.807) is 0 Å². The molecule has 0 aliphatic rings. The molecular formula is C18H25NO2. The molecule has 114 valence electrons. The number of anilines is 1. The summed E-state index contributed by atoms with van der Waals surface area (Å²) in [6, 6.07) is 5.70. The Morgan fingerprint density at radius 3 is 2.52 bits per heavy atom. The molecule has 1 amide bonds. The highest BCUT2D eigenvalue weighted by atomic mass is 16.2. The highest BCUT2D eigenvalue weighted by Crippen LogP contribution is 2.19. The van der Waals surface area contributed by atoms with E-state index < -0.39 is 0 Å². The molecule has 0 saturated carbocycles. The third-order valence-corrected chi connectivity index (χ3v) is 3.45. The van der Waals surface area contributed by atoms with Crippen molar-refractivity contribution in [1.29, 1.82) is 0 Å². The van der Waals surface area contributed by atoms with Crippen LogP contribution in [0.25, 0.3) is 0 Å². The summed E-state index contributed by atoms with van der Waals surface area (Å²) in [7, 11) is 0. The van der Waals surface area contributed by atoms with Gasteiger partial charge in [0.25, 0.3) is 0 Å². The molecule has 0 heterocycles. The maximum absolute atomic E-state index is 12.3. The summed E-state index contributed by atoms with van der Waals surface area (Å²) in [5.74, 6) is 5.71. The van der Waals surface area contributed by atoms with Gasteiger partial charge < -0.3 is 10.4 Å². The number of aliphatic hydroxyl groups excluding tert-OH is 1. The topological polar surface area (TPSA) is 49.3 Å². The number of hydrogen-bond donors (Lipinski definition) is 2. The fourth-order valence-corrected chi connectivity index (χ4v) is 2.32. The molecule has 1 rings (SSSR count). The van der Waals surface area contributed by atoms with Crippen molar-refractivity contribution in [2.24, 2.45) is 5.92 Å². The van der Waals surface area contributed by atoms with E-state index in [-0.39, 0.29) is 18.4 Å². The van der Waals surface area contributed by atoms with E-state index >= 15 is 0 Å². The minimum absolute atomic E-state index is 0.0771. The summed E-state index contributed by atoms with van der Waals surface area (Å²) >= 11 is 0. The third-order valence-electron chi connectivity index (χ3n) is 3.45. The second-order valence-electron chi connectivity index (χ2n) is 5.25. The van der Waals surface area contributed by atoms with E-state index in [0.29, 0.717) is 0 Å². The van der Waals surface area contributed by atoms with Gasteiger partial charge in [-0.1, -0.05) is 44.6 Å². The molecule has 3 nitrogen and oxygen atoms in total. The number of aliphatic hydroxyl groups is 1. The van der Waals surface area contributed by atoms with Crippen LogP contribution >= 0.6 is 0 Å². The van der Waals surface area contributed by atoms with E-state index in [9.17, 15) is 4.79 Å². The van der Waals surface area contributed by atoms with Gasteiger partial charge in [-0.15, -0.1) is 0 Å². The van der Waals surface area contributed by atoms with Crippen molar-refractivity contribution in [2.75, 3.05) is 11.9 Å². The van der Waals surface area contributed by atoms with Gasteiger partial charge in [-0.3, -0.25) is 4.79 Å². The van der Waals surface area contributed by atoms with Gasteiger partial charge in [0.1, 0.15) is 6.61 Å². The van der Waals surface area contributed by atoms with Crippen molar-refractivity contribution in [1.82, 2.24) is 0 Å². The fourth-order valence-electron chi connectivity index (χ4n) is 2.32. The molecule has 2 N–H and O–H groups in total. The number of hydrogen-bond acceptors (Lipinski definition) is 2. The number of carbonyl (C=O) groups is 1. The first-order valence-electron chi connectivity index (χ1n) is 7.63. The Kier molecular flexibility index (Phi) is 7.56. The Bertz CT molecular complexity index is 520. The fraction of sp³-hybridized carbons (Fsp3) is 0.500. The predicted octanol–water partition coefficient (Wildman–Crippen LogP) is 3.49. The van der Waals surface area contributed by atoms with Crippen molar-refractivity contribution < 1.29 is 9.90 Å². The van der Waals surface area contributed by atoms with Crippen LogP contribution in [-0.4, -0.2) is 17.6 Å². The van der Waals surface area contributed by atoms with Gasteiger partial charge in [-0.05, 0) is 37.5 Å². The lowest BCUT2D eigenvalue weighted by atomic mass is 9.97. The highest BCUT2D eigenvalue weighted by Gasteiger charge is 2.16. The number of rotatable bonds is 6. The normalized spacial score (nSPS) is 10.1. The lowest BCUT2D eigenvalue weighted by molar-refractivity contribution is -0.120. The average Bonchev–Trinajstić information content (AvgIpc) is 2.47. The van der Waals surface area contributed by atoms with E-state index in [1.165, 1.54) is 0 Å². The van der Waals surface area contributed by atoms with Crippen LogP contribution in [0, 0.1) is 24.7 Å². The summed E-state index contributed by atoms with van der Waals surface area (Å²) in [5.41, 5.74) is 2.64. The first-order valence-corrected chi connectivity index (χ1v) is 7.63. The van der Waals surface area contributed by atoms with Gasteiger partial charge in [0.05, 0.1) is 0 Å². The molecule has 0 aromatic heterocycles. The molecule has 0 radical (unpaired) electrons. The van der Waals surface area contributed by atoms with Crippen molar-refractivity contribution in [3.05, 3.63) is 29.3 Å². The van der Waals surface area contributed by atoms with Gasteiger partial charge in [0.15, 0.2) is 0 Å². The third kappa shape index (κ3) is 5.61. The molecule has 0 saturated heterocycles. The smallest absolute Gasteiger partial charge is 0.227 e. The summed E-state index contributed by atoms with van der Waals surface area (Å²) in [4.78, 5) is 12.3. The predicted molar refractivity (Wildman–Crippen MR) is 87.1 cm³/mol. The minimum Gasteiger partial charge on any atom is -0.384 e. The molecule has 21 heavy (non-hydrogen) atoms. The van der Waals surface area contributed by atoms with Crippen molar-refractivity contribution >= 4 is 11.6 Å². The van der Waals surface area contributed by atoms with Gasteiger partial charge in [0.2, 0.25) is 5.91 Å². The molecule has 0 atom stereocenters. The molecule has 0 aliphatic carbocycles. The van der Waals surface area contributed by atoms with Crippen LogP contribution in [0.15, 0.2) is 18.2 Å². The van der Waals surface area contributed by atoms with E-state index in [1.807, 2.05) is 25.1 Å². The summed E-state index contributed by atoms with van der Waals surface area (Å²) in [5, 5.41) is 11.8. The Morgan fingerprint density at radius 1 is 1.29 bits per heavy atom. The SMILES string of the molecule is CCCC(CCC)C(=O)Nc1ccc(C)c(C#CCO)c1. The van der Waals surface area contributed by atoms with Crippen LogP contribution < -0.4 is 5.32 Å². The lowest BCUT2D eigenvalue weighted by Gasteiger charge is -2.15. The largest absolute Gasteiger partial charge is 0.384 e. The first-order chi connectivity index (χ1) is 10.1. The zero-order chi connectivity index (χ0) is 15.7. The standard InChI is InChI=1S/C18H25NO2/c1-4-7-15(8-5-2)18(21)19-17-11-10-14(3)16(13-17)9-6-12-20/h10-11,13,15,20H,4-5,7-8,12H2,1-3H3,(H,19,21). The van der Waals surface area contributed by atoms with Crippen molar-refractivity contribution in [2.45, 2.75) is 46.5 Å². The number of aryl methyl sites for hydroxylation is 1. The minimum atomic E-state index is -0.162. The molecule has 0 spiro atoms. The van der Waals surface area contributed by atoms with Crippen LogP contribution in [0.2, 0.25) is 0 Å². The molecule has 0 aliphatic heterocycles. The first kappa shape index (κ1) is 17.3. The maximum atomic E-state index is 12.3. The second kappa shape index (κ2) is 9.20. The van der Waals surface area contributed by atoms with Gasteiger partial charge in [0, 0.05) is 17.2 Å². The van der Waals surface area contributed by atoms with Crippen molar-refractivity contribution in [3.63, 3.8) is 0 Å². The summed E-state index contributed by atoms with van der Waals surface area (Å²) in [6.07, 6.45) is 3.86. The second-order valence-corrected chi connectivity index (χ2v) is 5.25. The molecular weight excluding hydrogens is 262 g/mol. The van der Waals surface area contributed by atoms with Crippen LogP contribution in [0.1, 0.15) is 50.7 Å². The Morgan fingerprint density at radius 2 is 1.95 bits per heavy atom. The highest BCUT2D eigenvalue weighted by molar-refractivity contribution is 5.92. The van der Waals surface area contributed by atoms with Gasteiger partial charge >= 0.3 is 0 Å². The molecule has 1 aromatic carbocycles. The number of carbonyl (C=O) groups excluding carboxylic acids is 1. The van der Waals surface area contributed by atoms with Crippen LogP contribution in [-0.2, 0) is 4.79 Å². The Balaban J connectivity index is 2.84.